The highest BCUT2D eigenvalue weighted by Gasteiger charge is 2.41. The van der Waals surface area contributed by atoms with E-state index in [1.54, 1.807) is 0 Å². The minimum absolute atomic E-state index is 0. The van der Waals surface area contributed by atoms with Crippen LogP contribution in [0.1, 0.15) is 25.7 Å². The van der Waals surface area contributed by atoms with E-state index >= 15 is 0 Å². The number of likely N-dealkylation sites (tertiary alicyclic amines) is 1. The van der Waals surface area contributed by atoms with Crippen molar-refractivity contribution in [3.63, 3.8) is 0 Å². The van der Waals surface area contributed by atoms with Crippen molar-refractivity contribution in [3.8, 4) is 0 Å². The van der Waals surface area contributed by atoms with Gasteiger partial charge < -0.3 is 16.4 Å². The number of amides is 1. The molecule has 1 rings (SSSR count). The Labute approximate surface area is 106 Å². The minimum Gasteiger partial charge on any atom is -0.335 e. The van der Waals surface area contributed by atoms with Crippen molar-refractivity contribution in [3.05, 3.63) is 0 Å². The van der Waals surface area contributed by atoms with Crippen molar-refractivity contribution in [2.75, 3.05) is 19.6 Å². The Kier molecular flexibility index (Phi) is 6.89. The van der Waals surface area contributed by atoms with E-state index in [0.717, 1.165) is 17.7 Å². The van der Waals surface area contributed by atoms with Gasteiger partial charge in [0.05, 0.1) is 12.6 Å². The van der Waals surface area contributed by atoms with E-state index in [1.165, 1.54) is 0 Å². The highest BCUT2D eigenvalue weighted by atomic mass is 35.5. The van der Waals surface area contributed by atoms with Crippen LogP contribution in [0.15, 0.2) is 0 Å². The fourth-order valence-corrected chi connectivity index (χ4v) is 1.79. The summed E-state index contributed by atoms with van der Waals surface area (Å²) in [4.78, 5) is 12.8. The molecule has 1 fully saturated rings. The van der Waals surface area contributed by atoms with Crippen LogP contribution in [0.4, 0.5) is 8.78 Å². The number of carbonyl (C=O) groups excluding carboxylic acids is 1. The van der Waals surface area contributed by atoms with Crippen molar-refractivity contribution < 1.29 is 13.6 Å². The second kappa shape index (κ2) is 7.08. The maximum absolute atomic E-state index is 12.9. The van der Waals surface area contributed by atoms with Crippen LogP contribution >= 0.6 is 12.4 Å². The molecular weight excluding hydrogens is 252 g/mol. The van der Waals surface area contributed by atoms with Crippen LogP contribution in [0.25, 0.3) is 0 Å². The minimum atomic E-state index is -2.74. The Bertz CT molecular complexity index is 254. The van der Waals surface area contributed by atoms with Crippen molar-refractivity contribution in [1.29, 1.82) is 0 Å². The molecule has 1 atom stereocenters. The molecule has 0 radical (unpaired) electrons. The summed E-state index contributed by atoms with van der Waals surface area (Å²) < 4.78 is 25.7. The summed E-state index contributed by atoms with van der Waals surface area (Å²) in [5.74, 6) is -3.11. The Hall–Kier alpha value is -0.460. The Morgan fingerprint density at radius 3 is 2.53 bits per heavy atom. The SMILES string of the molecule is Cl.NCCCCC(N)C(=O)N1CCC(F)(F)C1. The number of hydrogen-bond acceptors (Lipinski definition) is 3. The van der Waals surface area contributed by atoms with Gasteiger partial charge in [-0.1, -0.05) is 6.42 Å². The number of unbranched alkanes of at least 4 members (excludes halogenated alkanes) is 1. The first-order chi connectivity index (χ1) is 7.46. The molecule has 0 aliphatic carbocycles. The summed E-state index contributed by atoms with van der Waals surface area (Å²) in [6.45, 7) is 0.176. The molecule has 0 aromatic carbocycles. The molecule has 1 aliphatic rings. The van der Waals surface area contributed by atoms with E-state index in [1.807, 2.05) is 0 Å². The van der Waals surface area contributed by atoms with Crippen LogP contribution in [0.2, 0.25) is 0 Å². The normalized spacial score (nSPS) is 19.9. The van der Waals surface area contributed by atoms with Crippen LogP contribution in [-0.2, 0) is 4.79 Å². The molecule has 0 saturated carbocycles. The van der Waals surface area contributed by atoms with Gasteiger partial charge in [0.2, 0.25) is 5.91 Å². The molecule has 0 aromatic heterocycles. The van der Waals surface area contributed by atoms with Gasteiger partial charge in [0.25, 0.3) is 5.92 Å². The number of halogens is 3. The Balaban J connectivity index is 0.00000256. The van der Waals surface area contributed by atoms with E-state index in [9.17, 15) is 13.6 Å². The van der Waals surface area contributed by atoms with Gasteiger partial charge in [-0.3, -0.25) is 4.79 Å². The average Bonchev–Trinajstić information content (AvgIpc) is 2.58. The second-order valence-corrected chi connectivity index (χ2v) is 4.26. The van der Waals surface area contributed by atoms with E-state index < -0.39 is 18.5 Å². The molecule has 1 heterocycles. The van der Waals surface area contributed by atoms with Crippen molar-refractivity contribution in [2.24, 2.45) is 11.5 Å². The summed E-state index contributed by atoms with van der Waals surface area (Å²) in [5, 5.41) is 0. The molecule has 1 unspecified atom stereocenters. The molecule has 1 amide bonds. The zero-order valence-corrected chi connectivity index (χ0v) is 10.5. The lowest BCUT2D eigenvalue weighted by atomic mass is 10.1. The summed E-state index contributed by atoms with van der Waals surface area (Å²) in [6.07, 6.45) is 1.82. The van der Waals surface area contributed by atoms with Gasteiger partial charge in [0.15, 0.2) is 0 Å². The van der Waals surface area contributed by atoms with Gasteiger partial charge in [0.1, 0.15) is 0 Å². The molecule has 0 bridgehead atoms. The molecule has 0 aromatic rings. The summed E-state index contributed by atoms with van der Waals surface area (Å²) in [6, 6.07) is -0.666. The Morgan fingerprint density at radius 1 is 1.41 bits per heavy atom. The topological polar surface area (TPSA) is 72.3 Å². The first kappa shape index (κ1) is 16.5. The number of nitrogens with two attached hydrogens (primary N) is 2. The standard InChI is InChI=1S/C10H19F2N3O.ClH/c11-10(12)4-6-15(7-10)9(16)8(14)3-1-2-5-13;/h8H,1-7,13-14H2;1H. The fraction of sp³-hybridized carbons (Fsp3) is 0.900. The Morgan fingerprint density at radius 2 is 2.06 bits per heavy atom. The first-order valence-electron chi connectivity index (χ1n) is 5.58. The lowest BCUT2D eigenvalue weighted by Crippen LogP contribution is -2.43. The number of carbonyl (C=O) groups is 1. The third-order valence-electron chi connectivity index (χ3n) is 2.77. The maximum Gasteiger partial charge on any atom is 0.267 e. The largest absolute Gasteiger partial charge is 0.335 e. The second-order valence-electron chi connectivity index (χ2n) is 4.26. The zero-order valence-electron chi connectivity index (χ0n) is 9.70. The van der Waals surface area contributed by atoms with Crippen molar-refractivity contribution in [2.45, 2.75) is 37.6 Å². The van der Waals surface area contributed by atoms with Gasteiger partial charge in [0, 0.05) is 13.0 Å². The van der Waals surface area contributed by atoms with E-state index in [4.69, 9.17) is 11.5 Å². The smallest absolute Gasteiger partial charge is 0.267 e. The van der Waals surface area contributed by atoms with Crippen LogP contribution in [0, 0.1) is 0 Å². The first-order valence-corrected chi connectivity index (χ1v) is 5.58. The van der Waals surface area contributed by atoms with Crippen LogP contribution in [0.5, 0.6) is 0 Å². The van der Waals surface area contributed by atoms with Crippen molar-refractivity contribution >= 4 is 18.3 Å². The lowest BCUT2D eigenvalue weighted by Gasteiger charge is -2.20. The van der Waals surface area contributed by atoms with E-state index in [0.29, 0.717) is 13.0 Å². The summed E-state index contributed by atoms with van der Waals surface area (Å²) >= 11 is 0. The highest BCUT2D eigenvalue weighted by Crippen LogP contribution is 2.27. The molecule has 0 spiro atoms. The predicted octanol–water partition coefficient (Wildman–Crippen LogP) is 0.732. The van der Waals surface area contributed by atoms with Gasteiger partial charge in [-0.15, -0.1) is 12.4 Å². The molecule has 102 valence electrons. The quantitative estimate of drug-likeness (QED) is 0.724. The zero-order chi connectivity index (χ0) is 12.2. The van der Waals surface area contributed by atoms with Gasteiger partial charge >= 0.3 is 0 Å². The average molecular weight is 272 g/mol. The van der Waals surface area contributed by atoms with Crippen LogP contribution in [-0.4, -0.2) is 42.4 Å². The lowest BCUT2D eigenvalue weighted by molar-refractivity contribution is -0.133. The molecule has 17 heavy (non-hydrogen) atoms. The summed E-state index contributed by atoms with van der Waals surface area (Å²) in [7, 11) is 0. The molecule has 1 aliphatic heterocycles. The molecule has 4 N–H and O–H groups in total. The van der Waals surface area contributed by atoms with E-state index in [2.05, 4.69) is 0 Å². The number of hydrogen-bond donors (Lipinski definition) is 2. The molecular formula is C10H20ClF2N3O. The van der Waals surface area contributed by atoms with Crippen LogP contribution < -0.4 is 11.5 Å². The molecule has 7 heteroatoms. The molecule has 1 saturated heterocycles. The predicted molar refractivity (Wildman–Crippen MR) is 64.3 cm³/mol. The summed E-state index contributed by atoms with van der Waals surface area (Å²) in [5.41, 5.74) is 11.0. The van der Waals surface area contributed by atoms with Crippen molar-refractivity contribution in [1.82, 2.24) is 4.90 Å². The number of alkyl halides is 2. The van der Waals surface area contributed by atoms with E-state index in [-0.39, 0.29) is 31.3 Å². The fourth-order valence-electron chi connectivity index (χ4n) is 1.79. The molecule has 4 nitrogen and oxygen atoms in total. The third kappa shape index (κ3) is 5.14. The van der Waals surface area contributed by atoms with Gasteiger partial charge in [-0.05, 0) is 19.4 Å². The maximum atomic E-state index is 12.9. The number of rotatable bonds is 5. The van der Waals surface area contributed by atoms with Gasteiger partial charge in [-0.2, -0.15) is 0 Å². The highest BCUT2D eigenvalue weighted by molar-refractivity contribution is 5.85. The number of nitrogens with zero attached hydrogens (tertiary/aromatic N) is 1. The monoisotopic (exact) mass is 271 g/mol. The van der Waals surface area contributed by atoms with Crippen LogP contribution in [0.3, 0.4) is 0 Å². The van der Waals surface area contributed by atoms with Gasteiger partial charge in [-0.25, -0.2) is 8.78 Å². The third-order valence-corrected chi connectivity index (χ3v) is 2.77.